The van der Waals surface area contributed by atoms with Crippen LogP contribution in [0, 0.1) is 27.9 Å². The van der Waals surface area contributed by atoms with Crippen LogP contribution in [-0.2, 0) is 19.1 Å². The van der Waals surface area contributed by atoms with Crippen LogP contribution in [0.25, 0.3) is 0 Å². The highest BCUT2D eigenvalue weighted by molar-refractivity contribution is 6.34. The summed E-state index contributed by atoms with van der Waals surface area (Å²) in [6.07, 6.45) is 2.24. The van der Waals surface area contributed by atoms with Gasteiger partial charge in [-0.05, 0) is 31.7 Å². The van der Waals surface area contributed by atoms with Crippen LogP contribution in [0.3, 0.4) is 0 Å². The number of nitrogens with one attached hydrogen (secondary N) is 1. The predicted molar refractivity (Wildman–Crippen MR) is 121 cm³/mol. The van der Waals surface area contributed by atoms with Crippen LogP contribution >= 0.6 is 11.6 Å². The van der Waals surface area contributed by atoms with Gasteiger partial charge in [0, 0.05) is 29.5 Å². The molecule has 0 spiro atoms. The molecule has 2 aromatic rings. The number of amides is 1. The number of carbonyl (C=O) groups excluding carboxylic acids is 3. The van der Waals surface area contributed by atoms with Gasteiger partial charge in [-0.25, -0.2) is 0 Å². The highest BCUT2D eigenvalue weighted by Crippen LogP contribution is 2.41. The predicted octanol–water partition coefficient (Wildman–Crippen LogP) is 4.87. The number of Topliss-reactive ketones (excluding diaryl/α,β-unsaturated/α-hetero) is 1. The molecular formula is C24H23ClN2O6. The van der Waals surface area contributed by atoms with E-state index >= 15 is 0 Å². The number of halogens is 1. The quantitative estimate of drug-likeness (QED) is 0.366. The number of ketones is 1. The Hall–Kier alpha value is -3.26. The third-order valence-electron chi connectivity index (χ3n) is 6.38. The zero-order valence-corrected chi connectivity index (χ0v) is 18.5. The number of nitro groups is 1. The van der Waals surface area contributed by atoms with Gasteiger partial charge in [0.05, 0.1) is 21.6 Å². The number of non-ortho nitro benzene ring substituents is 1. The van der Waals surface area contributed by atoms with E-state index in [-0.39, 0.29) is 34.0 Å². The Kier molecular flexibility index (Phi) is 6.74. The van der Waals surface area contributed by atoms with Crippen molar-refractivity contribution in [3.63, 3.8) is 0 Å². The number of benzene rings is 2. The summed E-state index contributed by atoms with van der Waals surface area (Å²) in [7, 11) is 0. The van der Waals surface area contributed by atoms with Gasteiger partial charge in [0.1, 0.15) is 5.78 Å². The maximum absolute atomic E-state index is 13.1. The highest BCUT2D eigenvalue weighted by atomic mass is 35.5. The molecule has 0 saturated heterocycles. The fourth-order valence-electron chi connectivity index (χ4n) is 4.70. The molecule has 0 radical (unpaired) electrons. The molecule has 0 aromatic heterocycles. The number of esters is 1. The van der Waals surface area contributed by atoms with Crippen LogP contribution in [0.2, 0.25) is 5.02 Å². The number of nitrogens with zero attached hydrogens (tertiary/aromatic N) is 1. The maximum Gasteiger partial charge on any atom is 0.310 e. The number of anilines is 1. The molecule has 2 bridgehead atoms. The van der Waals surface area contributed by atoms with Crippen LogP contribution in [0.4, 0.5) is 11.4 Å². The SMILES string of the molecule is O=C(OC(C(=O)Nc1ccc([N+](=O)[O-])cc1Cl)c1ccccc1)C1CC2CCCC(C1)C2=O. The van der Waals surface area contributed by atoms with Crippen LogP contribution in [0.5, 0.6) is 0 Å². The highest BCUT2D eigenvalue weighted by Gasteiger charge is 2.42. The Balaban J connectivity index is 1.52. The van der Waals surface area contributed by atoms with E-state index in [1.807, 2.05) is 0 Å². The van der Waals surface area contributed by atoms with Gasteiger partial charge in [-0.2, -0.15) is 0 Å². The van der Waals surface area contributed by atoms with E-state index in [1.54, 1.807) is 30.3 Å². The number of hydrogen-bond acceptors (Lipinski definition) is 6. The zero-order chi connectivity index (χ0) is 23.5. The van der Waals surface area contributed by atoms with Crippen molar-refractivity contribution in [3.05, 3.63) is 69.2 Å². The summed E-state index contributed by atoms with van der Waals surface area (Å²) in [6, 6.07) is 12.3. The van der Waals surface area contributed by atoms with Crippen molar-refractivity contribution in [3.8, 4) is 0 Å². The minimum absolute atomic E-state index is 0.00527. The van der Waals surface area contributed by atoms with Gasteiger partial charge in [0.2, 0.25) is 6.10 Å². The smallest absolute Gasteiger partial charge is 0.310 e. The summed E-state index contributed by atoms with van der Waals surface area (Å²) < 4.78 is 5.70. The third-order valence-corrected chi connectivity index (χ3v) is 6.69. The summed E-state index contributed by atoms with van der Waals surface area (Å²) in [6.45, 7) is 0. The minimum Gasteiger partial charge on any atom is -0.447 e. The summed E-state index contributed by atoms with van der Waals surface area (Å²) in [4.78, 5) is 48.9. The molecule has 3 unspecified atom stereocenters. The van der Waals surface area contributed by atoms with E-state index in [0.717, 1.165) is 25.3 Å². The first kappa shape index (κ1) is 22.9. The second-order valence-electron chi connectivity index (χ2n) is 8.53. The summed E-state index contributed by atoms with van der Waals surface area (Å²) >= 11 is 6.11. The lowest BCUT2D eigenvalue weighted by molar-refractivity contribution is -0.384. The van der Waals surface area contributed by atoms with Gasteiger partial charge in [-0.3, -0.25) is 24.5 Å². The third kappa shape index (κ3) is 5.06. The molecule has 0 aliphatic heterocycles. The van der Waals surface area contributed by atoms with E-state index < -0.39 is 28.8 Å². The molecule has 2 aromatic carbocycles. The van der Waals surface area contributed by atoms with Gasteiger partial charge in [-0.1, -0.05) is 48.4 Å². The van der Waals surface area contributed by atoms with Gasteiger partial charge in [0.25, 0.3) is 11.6 Å². The largest absolute Gasteiger partial charge is 0.447 e. The van der Waals surface area contributed by atoms with Crippen molar-refractivity contribution >= 4 is 40.6 Å². The molecule has 172 valence electrons. The Morgan fingerprint density at radius 2 is 1.76 bits per heavy atom. The molecule has 9 heteroatoms. The second-order valence-corrected chi connectivity index (χ2v) is 8.94. The molecule has 4 rings (SSSR count). The molecule has 2 fully saturated rings. The normalized spacial score (nSPS) is 22.8. The summed E-state index contributed by atoms with van der Waals surface area (Å²) in [5, 5.41) is 13.5. The first-order valence-corrected chi connectivity index (χ1v) is 11.2. The first-order chi connectivity index (χ1) is 15.8. The van der Waals surface area contributed by atoms with E-state index in [0.29, 0.717) is 18.4 Å². The van der Waals surface area contributed by atoms with Crippen LogP contribution in [0.1, 0.15) is 43.8 Å². The van der Waals surface area contributed by atoms with Crippen molar-refractivity contribution in [2.24, 2.45) is 17.8 Å². The van der Waals surface area contributed by atoms with Gasteiger partial charge >= 0.3 is 5.97 Å². The fourth-order valence-corrected chi connectivity index (χ4v) is 4.92. The number of hydrogen-bond donors (Lipinski definition) is 1. The Morgan fingerprint density at radius 3 is 2.36 bits per heavy atom. The molecule has 2 saturated carbocycles. The van der Waals surface area contributed by atoms with Crippen molar-refractivity contribution in [2.75, 3.05) is 5.32 Å². The Labute approximate surface area is 195 Å². The number of rotatable bonds is 6. The van der Waals surface area contributed by atoms with Crippen molar-refractivity contribution in [2.45, 2.75) is 38.2 Å². The first-order valence-electron chi connectivity index (χ1n) is 10.9. The molecule has 2 aliphatic rings. The van der Waals surface area contributed by atoms with Crippen LogP contribution in [-0.4, -0.2) is 22.6 Å². The molecule has 8 nitrogen and oxygen atoms in total. The zero-order valence-electron chi connectivity index (χ0n) is 17.7. The van der Waals surface area contributed by atoms with E-state index in [2.05, 4.69) is 5.32 Å². The molecule has 1 amide bonds. The van der Waals surface area contributed by atoms with Gasteiger partial charge in [-0.15, -0.1) is 0 Å². The number of fused-ring (bicyclic) bond motifs is 2. The van der Waals surface area contributed by atoms with Gasteiger partial charge in [0.15, 0.2) is 0 Å². The molecule has 33 heavy (non-hydrogen) atoms. The van der Waals surface area contributed by atoms with E-state index in [1.165, 1.54) is 12.1 Å². The molecule has 3 atom stereocenters. The monoisotopic (exact) mass is 470 g/mol. The Morgan fingerprint density at radius 1 is 1.09 bits per heavy atom. The standard InChI is InChI=1S/C24H23ClN2O6/c25-19-13-18(27(31)32)9-10-20(19)26-23(29)22(14-5-2-1-3-6-14)33-24(30)17-11-15-7-4-8-16(12-17)21(15)28/h1-3,5-6,9-10,13,15-17,22H,4,7-8,11-12H2,(H,26,29). The van der Waals surface area contributed by atoms with Crippen molar-refractivity contribution in [1.82, 2.24) is 0 Å². The topological polar surface area (TPSA) is 116 Å². The maximum atomic E-state index is 13.1. The van der Waals surface area contributed by atoms with E-state index in [4.69, 9.17) is 16.3 Å². The summed E-state index contributed by atoms with van der Waals surface area (Å²) in [5.74, 6) is -1.54. The second kappa shape index (κ2) is 9.70. The lowest BCUT2D eigenvalue weighted by Gasteiger charge is -2.36. The lowest BCUT2D eigenvalue weighted by Crippen LogP contribution is -2.40. The van der Waals surface area contributed by atoms with Crippen LogP contribution < -0.4 is 5.32 Å². The summed E-state index contributed by atoms with van der Waals surface area (Å²) in [5.41, 5.74) is 0.442. The Bertz CT molecular complexity index is 1070. The average Bonchev–Trinajstić information content (AvgIpc) is 2.78. The van der Waals surface area contributed by atoms with E-state index in [9.17, 15) is 24.5 Å². The minimum atomic E-state index is -1.23. The molecule has 2 aliphatic carbocycles. The number of ether oxygens (including phenoxy) is 1. The number of nitro benzene ring substituents is 1. The van der Waals surface area contributed by atoms with Gasteiger partial charge < -0.3 is 10.1 Å². The van der Waals surface area contributed by atoms with Crippen molar-refractivity contribution < 1.29 is 24.0 Å². The fraction of sp³-hybridized carbons (Fsp3) is 0.375. The molecular weight excluding hydrogens is 448 g/mol. The number of carbonyl (C=O) groups is 3. The molecule has 1 N–H and O–H groups in total. The van der Waals surface area contributed by atoms with Crippen molar-refractivity contribution in [1.29, 1.82) is 0 Å². The average molecular weight is 471 g/mol. The molecule has 0 heterocycles. The van der Waals surface area contributed by atoms with Crippen LogP contribution in [0.15, 0.2) is 48.5 Å². The lowest BCUT2D eigenvalue weighted by atomic mass is 9.67.